The van der Waals surface area contributed by atoms with Crippen LogP contribution in [0.2, 0.25) is 5.02 Å². The Morgan fingerprint density at radius 2 is 1.93 bits per heavy atom. The fourth-order valence-electron chi connectivity index (χ4n) is 2.71. The molecule has 0 saturated carbocycles. The van der Waals surface area contributed by atoms with Gasteiger partial charge in [-0.25, -0.2) is 0 Å². The first-order valence-corrected chi connectivity index (χ1v) is 10.6. The molecule has 2 N–H and O–H groups in total. The molecule has 3 rings (SSSR count). The summed E-state index contributed by atoms with van der Waals surface area (Å²) in [6, 6.07) is 11.7. The maximum absolute atomic E-state index is 12.3. The zero-order chi connectivity index (χ0) is 21.0. The Hall–Kier alpha value is -2.51. The van der Waals surface area contributed by atoms with Crippen LogP contribution in [0.1, 0.15) is 22.5 Å². The summed E-state index contributed by atoms with van der Waals surface area (Å²) < 4.78 is 1.89. The van der Waals surface area contributed by atoms with Crippen LogP contribution in [0.4, 0.5) is 11.4 Å². The van der Waals surface area contributed by atoms with Crippen LogP contribution in [-0.2, 0) is 18.4 Å². The molecule has 152 valence electrons. The number of thioether (sulfide) groups is 1. The van der Waals surface area contributed by atoms with E-state index in [2.05, 4.69) is 20.8 Å². The molecule has 0 bridgehead atoms. The predicted molar refractivity (Wildman–Crippen MR) is 120 cm³/mol. The minimum Gasteiger partial charge on any atom is -0.378 e. The van der Waals surface area contributed by atoms with E-state index in [0.717, 1.165) is 38.9 Å². The number of hydrogen-bond donors (Lipinski definition) is 2. The van der Waals surface area contributed by atoms with Crippen molar-refractivity contribution in [1.82, 2.24) is 14.8 Å². The fourth-order valence-corrected chi connectivity index (χ4v) is 3.62. The highest BCUT2D eigenvalue weighted by atomic mass is 35.5. The zero-order valence-electron chi connectivity index (χ0n) is 16.9. The maximum atomic E-state index is 12.3. The lowest BCUT2D eigenvalue weighted by Gasteiger charge is -2.10. The average Bonchev–Trinajstić information content (AvgIpc) is 3.04. The number of carbonyl (C=O) groups is 1. The Kier molecular flexibility index (Phi) is 6.82. The highest BCUT2D eigenvalue weighted by Gasteiger charge is 2.12. The second-order valence-electron chi connectivity index (χ2n) is 6.86. The van der Waals surface area contributed by atoms with E-state index in [1.807, 2.05) is 68.8 Å². The smallest absolute Gasteiger partial charge is 0.234 e. The summed E-state index contributed by atoms with van der Waals surface area (Å²) in [5.41, 5.74) is 5.03. The summed E-state index contributed by atoms with van der Waals surface area (Å²) in [7, 11) is 1.89. The molecule has 29 heavy (non-hydrogen) atoms. The number of amides is 1. The van der Waals surface area contributed by atoms with Crippen LogP contribution in [0.5, 0.6) is 0 Å². The summed E-state index contributed by atoms with van der Waals surface area (Å²) in [4.78, 5) is 12.3. The third kappa shape index (κ3) is 5.31. The van der Waals surface area contributed by atoms with Crippen molar-refractivity contribution in [3.63, 3.8) is 0 Å². The van der Waals surface area contributed by atoms with Crippen LogP contribution in [0.3, 0.4) is 0 Å². The van der Waals surface area contributed by atoms with Crippen LogP contribution in [0.25, 0.3) is 0 Å². The number of aryl methyl sites for hydroxylation is 2. The monoisotopic (exact) mass is 429 g/mol. The van der Waals surface area contributed by atoms with Crippen molar-refractivity contribution in [2.75, 3.05) is 16.4 Å². The molecule has 0 saturated heterocycles. The van der Waals surface area contributed by atoms with Gasteiger partial charge in [0, 0.05) is 23.4 Å². The third-order valence-corrected chi connectivity index (χ3v) is 6.19. The summed E-state index contributed by atoms with van der Waals surface area (Å²) in [5, 5.41) is 16.1. The summed E-state index contributed by atoms with van der Waals surface area (Å²) in [6.45, 7) is 6.51. The minimum absolute atomic E-state index is 0.0688. The molecule has 2 aromatic carbocycles. The second kappa shape index (κ2) is 9.33. The average molecular weight is 430 g/mol. The van der Waals surface area contributed by atoms with Gasteiger partial charge in [-0.2, -0.15) is 0 Å². The Labute approximate surface area is 180 Å². The van der Waals surface area contributed by atoms with Crippen LogP contribution in [0.15, 0.2) is 41.6 Å². The van der Waals surface area contributed by atoms with Gasteiger partial charge in [-0.05, 0) is 55.7 Å². The first kappa shape index (κ1) is 21.2. The van der Waals surface area contributed by atoms with Crippen LogP contribution in [-0.4, -0.2) is 26.4 Å². The van der Waals surface area contributed by atoms with Gasteiger partial charge < -0.3 is 15.2 Å². The van der Waals surface area contributed by atoms with Crippen LogP contribution >= 0.6 is 23.4 Å². The summed E-state index contributed by atoms with van der Waals surface area (Å²) in [5.74, 6) is 0.972. The number of nitrogens with one attached hydrogen (secondary N) is 2. The van der Waals surface area contributed by atoms with Crippen molar-refractivity contribution in [2.24, 2.45) is 7.05 Å². The molecule has 1 amide bonds. The lowest BCUT2D eigenvalue weighted by atomic mass is 10.1. The molecule has 1 aromatic heterocycles. The minimum atomic E-state index is -0.0688. The van der Waals surface area contributed by atoms with Gasteiger partial charge in [-0.3, -0.25) is 4.79 Å². The fraction of sp³-hybridized carbons (Fsp3) is 0.286. The molecule has 8 heteroatoms. The van der Waals surface area contributed by atoms with Gasteiger partial charge in [-0.15, -0.1) is 10.2 Å². The SMILES string of the molecule is Cc1ccc(NCc2nnc(SCC(=O)Nc3cccc(C)c3C)n2C)cc1Cl. The van der Waals surface area contributed by atoms with E-state index in [1.54, 1.807) is 0 Å². The van der Waals surface area contributed by atoms with Crippen molar-refractivity contribution in [3.8, 4) is 0 Å². The molecule has 0 fully saturated rings. The number of benzene rings is 2. The highest BCUT2D eigenvalue weighted by Crippen LogP contribution is 2.22. The normalized spacial score (nSPS) is 10.8. The molecule has 6 nitrogen and oxygen atoms in total. The maximum Gasteiger partial charge on any atom is 0.234 e. The molecule has 3 aromatic rings. The van der Waals surface area contributed by atoms with Gasteiger partial charge in [0.05, 0.1) is 12.3 Å². The van der Waals surface area contributed by atoms with Gasteiger partial charge in [-0.1, -0.05) is 41.6 Å². The lowest BCUT2D eigenvalue weighted by Crippen LogP contribution is -2.15. The van der Waals surface area contributed by atoms with E-state index >= 15 is 0 Å². The van der Waals surface area contributed by atoms with E-state index in [1.165, 1.54) is 11.8 Å². The van der Waals surface area contributed by atoms with E-state index in [0.29, 0.717) is 11.7 Å². The molecule has 0 aliphatic carbocycles. The number of rotatable bonds is 7. The van der Waals surface area contributed by atoms with E-state index in [-0.39, 0.29) is 11.7 Å². The highest BCUT2D eigenvalue weighted by molar-refractivity contribution is 7.99. The summed E-state index contributed by atoms with van der Waals surface area (Å²) >= 11 is 7.52. The predicted octanol–water partition coefficient (Wildman–Crippen LogP) is 4.74. The van der Waals surface area contributed by atoms with Gasteiger partial charge in [0.1, 0.15) is 0 Å². The molecule has 0 unspecified atom stereocenters. The first-order chi connectivity index (χ1) is 13.8. The van der Waals surface area contributed by atoms with E-state index in [4.69, 9.17) is 11.6 Å². The number of anilines is 2. The van der Waals surface area contributed by atoms with Crippen molar-refractivity contribution in [2.45, 2.75) is 32.5 Å². The van der Waals surface area contributed by atoms with Gasteiger partial charge in [0.2, 0.25) is 5.91 Å². The molecule has 0 radical (unpaired) electrons. The third-order valence-electron chi connectivity index (χ3n) is 4.76. The molecular weight excluding hydrogens is 406 g/mol. The van der Waals surface area contributed by atoms with Crippen molar-refractivity contribution in [3.05, 3.63) is 63.9 Å². The quantitative estimate of drug-likeness (QED) is 0.531. The van der Waals surface area contributed by atoms with Crippen molar-refractivity contribution >= 4 is 40.6 Å². The van der Waals surface area contributed by atoms with Gasteiger partial charge in [0.25, 0.3) is 0 Å². The topological polar surface area (TPSA) is 71.8 Å². The summed E-state index contributed by atoms with van der Waals surface area (Å²) in [6.07, 6.45) is 0. The standard InChI is InChI=1S/C21H24ClN5OS/c1-13-6-5-7-18(15(13)3)24-20(28)12-29-21-26-25-19(27(21)4)11-23-16-9-8-14(2)17(22)10-16/h5-10,23H,11-12H2,1-4H3,(H,24,28). The molecule has 1 heterocycles. The number of hydrogen-bond acceptors (Lipinski definition) is 5. The Balaban J connectivity index is 1.55. The van der Waals surface area contributed by atoms with E-state index in [9.17, 15) is 4.79 Å². The number of carbonyl (C=O) groups excluding carboxylic acids is 1. The molecule has 0 atom stereocenters. The number of nitrogens with zero attached hydrogens (tertiary/aromatic N) is 3. The van der Waals surface area contributed by atoms with Crippen LogP contribution in [0, 0.1) is 20.8 Å². The van der Waals surface area contributed by atoms with E-state index < -0.39 is 0 Å². The first-order valence-electron chi connectivity index (χ1n) is 9.22. The second-order valence-corrected chi connectivity index (χ2v) is 8.21. The molecular formula is C21H24ClN5OS. The molecule has 0 aliphatic rings. The molecule has 0 spiro atoms. The number of halogens is 1. The lowest BCUT2D eigenvalue weighted by molar-refractivity contribution is -0.113. The Bertz CT molecular complexity index is 1030. The van der Waals surface area contributed by atoms with Crippen molar-refractivity contribution < 1.29 is 4.79 Å². The Morgan fingerprint density at radius 3 is 2.69 bits per heavy atom. The zero-order valence-corrected chi connectivity index (χ0v) is 18.5. The van der Waals surface area contributed by atoms with Crippen molar-refractivity contribution in [1.29, 1.82) is 0 Å². The number of aromatic nitrogens is 3. The largest absolute Gasteiger partial charge is 0.378 e. The molecule has 0 aliphatic heterocycles. The van der Waals surface area contributed by atoms with Gasteiger partial charge >= 0.3 is 0 Å². The van der Waals surface area contributed by atoms with Crippen LogP contribution < -0.4 is 10.6 Å². The van der Waals surface area contributed by atoms with Gasteiger partial charge in [0.15, 0.2) is 11.0 Å². The Morgan fingerprint density at radius 1 is 1.14 bits per heavy atom.